The number of halogens is 1. The van der Waals surface area contributed by atoms with Gasteiger partial charge in [0.1, 0.15) is 0 Å². The van der Waals surface area contributed by atoms with E-state index in [1.807, 2.05) is 28.3 Å². The van der Waals surface area contributed by atoms with Gasteiger partial charge in [-0.15, -0.1) is 4.08 Å². The topological polar surface area (TPSA) is 21.7 Å². The molecule has 0 atom stereocenters. The molecular weight excluding hydrogens is 329 g/mol. The van der Waals surface area contributed by atoms with E-state index >= 15 is 0 Å². The maximum atomic E-state index is 5.79. The fourth-order valence-electron chi connectivity index (χ4n) is 1.35. The van der Waals surface area contributed by atoms with Gasteiger partial charge in [-0.2, -0.15) is 0 Å². The first-order valence-corrected chi connectivity index (χ1v) is 9.94. The number of fused-ring (bicyclic) bond motifs is 1. The predicted molar refractivity (Wildman–Crippen MR) is 75.5 cm³/mol. The molecule has 0 saturated heterocycles. The molecule has 0 saturated carbocycles. The Morgan fingerprint density at radius 1 is 1.31 bits per heavy atom. The standard InChI is InChI=1S/C9H11BrNO2PS2/c1-7(2)11(16-10)14(15)12-8-5-3-4-6-9(8)13-14/h3-7H,1-2H3. The zero-order chi connectivity index (χ0) is 11.8. The van der Waals surface area contributed by atoms with Gasteiger partial charge in [0.2, 0.25) is 0 Å². The Labute approximate surface area is 112 Å². The first kappa shape index (κ1) is 12.7. The quantitative estimate of drug-likeness (QED) is 0.601. The molecule has 0 fully saturated rings. The third kappa shape index (κ3) is 2.27. The van der Waals surface area contributed by atoms with E-state index in [4.69, 9.17) is 20.9 Å². The molecule has 0 aliphatic carbocycles. The molecule has 88 valence electrons. The van der Waals surface area contributed by atoms with E-state index in [1.54, 1.807) is 0 Å². The summed E-state index contributed by atoms with van der Waals surface area (Å²) in [5.74, 6) is 1.47. The summed E-state index contributed by atoms with van der Waals surface area (Å²) in [5, 5.41) is 0. The van der Waals surface area contributed by atoms with Crippen LogP contribution < -0.4 is 9.05 Å². The van der Waals surface area contributed by atoms with Crippen LogP contribution in [0.3, 0.4) is 0 Å². The van der Waals surface area contributed by atoms with Gasteiger partial charge in [-0.25, -0.2) is 0 Å². The summed E-state index contributed by atoms with van der Waals surface area (Å²) in [5.41, 5.74) is 0. The summed E-state index contributed by atoms with van der Waals surface area (Å²) >= 11 is 8.86. The smallest absolute Gasteiger partial charge is 0.379 e. The second kappa shape index (κ2) is 4.86. The lowest BCUT2D eigenvalue weighted by Crippen LogP contribution is -2.22. The van der Waals surface area contributed by atoms with Crippen LogP contribution in [0.15, 0.2) is 24.3 Å². The zero-order valence-electron chi connectivity index (χ0n) is 8.79. The molecule has 0 unspecified atom stereocenters. The zero-order valence-corrected chi connectivity index (χ0v) is 12.9. The molecule has 2 rings (SSSR count). The van der Waals surface area contributed by atoms with E-state index in [0.717, 1.165) is 11.5 Å². The van der Waals surface area contributed by atoms with E-state index in [9.17, 15) is 0 Å². The highest BCUT2D eigenvalue weighted by molar-refractivity contribution is 9.50. The molecule has 0 radical (unpaired) electrons. The lowest BCUT2D eigenvalue weighted by molar-refractivity contribution is 0.460. The van der Waals surface area contributed by atoms with Crippen molar-refractivity contribution in [2.24, 2.45) is 0 Å². The Morgan fingerprint density at radius 2 is 1.81 bits per heavy atom. The van der Waals surface area contributed by atoms with Gasteiger partial charge < -0.3 is 9.05 Å². The van der Waals surface area contributed by atoms with Crippen molar-refractivity contribution in [3.8, 4) is 11.5 Å². The highest BCUT2D eigenvalue weighted by Gasteiger charge is 2.40. The minimum atomic E-state index is -2.44. The minimum absolute atomic E-state index is 0.240. The molecule has 7 heteroatoms. The Balaban J connectivity index is 2.29. The Bertz CT molecular complexity index is 414. The lowest BCUT2D eigenvalue weighted by atomic mass is 10.3. The van der Waals surface area contributed by atoms with Crippen LogP contribution in [-0.4, -0.2) is 10.1 Å². The van der Waals surface area contributed by atoms with Crippen LogP contribution in [0.4, 0.5) is 0 Å². The molecule has 0 N–H and O–H groups in total. The fourth-order valence-corrected chi connectivity index (χ4v) is 8.23. The summed E-state index contributed by atoms with van der Waals surface area (Å²) in [6.45, 7) is 1.67. The molecule has 0 bridgehead atoms. The van der Waals surface area contributed by atoms with Gasteiger partial charge in [0.15, 0.2) is 11.5 Å². The van der Waals surface area contributed by atoms with Gasteiger partial charge in [0, 0.05) is 43.0 Å². The van der Waals surface area contributed by atoms with Gasteiger partial charge in [-0.1, -0.05) is 12.1 Å². The van der Waals surface area contributed by atoms with E-state index in [0.29, 0.717) is 0 Å². The summed E-state index contributed by atoms with van der Waals surface area (Å²) < 4.78 is 13.5. The normalized spacial score (nSPS) is 17.1. The largest absolute Gasteiger partial charge is 0.420 e. The molecule has 1 aromatic rings. The van der Waals surface area contributed by atoms with Crippen LogP contribution in [0.1, 0.15) is 13.8 Å². The molecular formula is C9H11BrNO2PS2. The number of para-hydroxylation sites is 2. The number of hydrogen-bond acceptors (Lipinski definition) is 4. The molecule has 1 heterocycles. The Kier molecular flexibility index (Phi) is 3.86. The van der Waals surface area contributed by atoms with Gasteiger partial charge in [0.05, 0.1) is 0 Å². The summed E-state index contributed by atoms with van der Waals surface area (Å²) in [6, 6.07) is 7.81. The summed E-state index contributed by atoms with van der Waals surface area (Å²) in [7, 11) is 1.39. The van der Waals surface area contributed by atoms with Crippen molar-refractivity contribution in [2.75, 3.05) is 0 Å². The van der Waals surface area contributed by atoms with Crippen molar-refractivity contribution >= 4 is 43.6 Å². The maximum absolute atomic E-state index is 5.79. The fraction of sp³-hybridized carbons (Fsp3) is 0.333. The first-order valence-electron chi connectivity index (χ1n) is 4.73. The first-order chi connectivity index (χ1) is 7.57. The molecule has 0 amide bonds. The van der Waals surface area contributed by atoms with Gasteiger partial charge in [-0.05, 0) is 26.0 Å². The Hall–Kier alpha value is 0.260. The Morgan fingerprint density at radius 3 is 2.19 bits per heavy atom. The maximum Gasteiger partial charge on any atom is 0.379 e. The minimum Gasteiger partial charge on any atom is -0.420 e. The highest BCUT2D eigenvalue weighted by Crippen LogP contribution is 2.64. The van der Waals surface area contributed by atoms with Crippen LogP contribution in [0.2, 0.25) is 0 Å². The second-order valence-electron chi connectivity index (χ2n) is 3.56. The summed E-state index contributed by atoms with van der Waals surface area (Å²) in [6.07, 6.45) is 0. The van der Waals surface area contributed by atoms with Gasteiger partial charge in [-0.3, -0.25) is 0 Å². The van der Waals surface area contributed by atoms with Crippen molar-refractivity contribution in [1.82, 2.24) is 4.08 Å². The molecule has 16 heavy (non-hydrogen) atoms. The highest BCUT2D eigenvalue weighted by atomic mass is 79.9. The molecule has 1 aliphatic rings. The monoisotopic (exact) mass is 339 g/mol. The average molecular weight is 340 g/mol. The number of nitrogens with zero attached hydrogens (tertiary/aromatic N) is 1. The van der Waals surface area contributed by atoms with Gasteiger partial charge in [0.25, 0.3) is 0 Å². The van der Waals surface area contributed by atoms with Crippen molar-refractivity contribution in [2.45, 2.75) is 19.9 Å². The number of rotatable bonds is 3. The van der Waals surface area contributed by atoms with Crippen LogP contribution in [0.25, 0.3) is 0 Å². The van der Waals surface area contributed by atoms with Crippen LogP contribution in [0.5, 0.6) is 11.5 Å². The third-order valence-corrected chi connectivity index (χ3v) is 8.18. The van der Waals surface area contributed by atoms with E-state index < -0.39 is 6.64 Å². The molecule has 0 aromatic heterocycles. The molecule has 1 aromatic carbocycles. The summed E-state index contributed by atoms with van der Waals surface area (Å²) in [4.78, 5) is 0. The van der Waals surface area contributed by atoms with Crippen LogP contribution in [0, 0.1) is 0 Å². The SMILES string of the molecule is CC(C)N(SBr)P1(=S)Oc2ccccc2O1. The van der Waals surface area contributed by atoms with Crippen molar-refractivity contribution < 1.29 is 9.05 Å². The average Bonchev–Trinajstić information content (AvgIpc) is 2.54. The third-order valence-electron chi connectivity index (χ3n) is 2.03. The number of hydrogen-bond donors (Lipinski definition) is 0. The van der Waals surface area contributed by atoms with Crippen molar-refractivity contribution in [1.29, 1.82) is 0 Å². The van der Waals surface area contributed by atoms with Crippen LogP contribution in [-0.2, 0) is 11.8 Å². The molecule has 3 nitrogen and oxygen atoms in total. The van der Waals surface area contributed by atoms with E-state index in [1.165, 1.54) is 10.4 Å². The lowest BCUT2D eigenvalue weighted by Gasteiger charge is -2.28. The second-order valence-corrected chi connectivity index (χ2v) is 8.35. The predicted octanol–water partition coefficient (Wildman–Crippen LogP) is 4.35. The number of benzene rings is 1. The van der Waals surface area contributed by atoms with Crippen LogP contribution >= 0.6 is 31.8 Å². The molecule has 1 aliphatic heterocycles. The van der Waals surface area contributed by atoms with E-state index in [2.05, 4.69) is 28.7 Å². The van der Waals surface area contributed by atoms with Crippen molar-refractivity contribution in [3.63, 3.8) is 0 Å². The van der Waals surface area contributed by atoms with Crippen molar-refractivity contribution in [3.05, 3.63) is 24.3 Å². The van der Waals surface area contributed by atoms with Gasteiger partial charge >= 0.3 is 6.64 Å². The van der Waals surface area contributed by atoms with E-state index in [-0.39, 0.29) is 6.04 Å². The molecule has 0 spiro atoms.